The molecule has 0 aliphatic rings. The average molecular weight is 403 g/mol. The van der Waals surface area contributed by atoms with Crippen LogP contribution in [0, 0.1) is 5.92 Å². The maximum atomic E-state index is 12.8. The fourth-order valence-electron chi connectivity index (χ4n) is 2.57. The van der Waals surface area contributed by atoms with Crippen molar-refractivity contribution in [3.63, 3.8) is 0 Å². The van der Waals surface area contributed by atoms with Gasteiger partial charge >= 0.3 is 0 Å². The van der Waals surface area contributed by atoms with E-state index in [1.807, 2.05) is 13.8 Å². The van der Waals surface area contributed by atoms with Crippen LogP contribution in [0.3, 0.4) is 0 Å². The van der Waals surface area contributed by atoms with E-state index >= 15 is 0 Å². The Bertz CT molecular complexity index is 1040. The normalized spacial score (nSPS) is 11.1. The number of fused-ring (bicyclic) bond motifs is 1. The fraction of sp³-hybridized carbons (Fsp3) is 0.263. The predicted octanol–water partition coefficient (Wildman–Crippen LogP) is 3.83. The molecule has 1 N–H and O–H groups in total. The zero-order valence-corrected chi connectivity index (χ0v) is 16.5. The summed E-state index contributed by atoms with van der Waals surface area (Å²) in [5.41, 5.74) is 0.876. The largest absolute Gasteiger partial charge is 0.325 e. The van der Waals surface area contributed by atoms with Crippen LogP contribution in [0.1, 0.15) is 13.8 Å². The summed E-state index contributed by atoms with van der Waals surface area (Å²) in [6.07, 6.45) is 1.60. The van der Waals surface area contributed by atoms with Crippen molar-refractivity contribution in [1.29, 1.82) is 0 Å². The molecular formula is C19H19ClN4O2S. The molecule has 2 heterocycles. The highest BCUT2D eigenvalue weighted by atomic mass is 35.5. The maximum absolute atomic E-state index is 12.8. The Balaban J connectivity index is 1.82. The molecule has 0 unspecified atom stereocenters. The molecular weight excluding hydrogens is 384 g/mol. The van der Waals surface area contributed by atoms with Crippen LogP contribution in [0.2, 0.25) is 5.02 Å². The van der Waals surface area contributed by atoms with Crippen LogP contribution in [0.25, 0.3) is 11.0 Å². The fourth-order valence-corrected chi connectivity index (χ4v) is 3.55. The number of thioether (sulfide) groups is 1. The van der Waals surface area contributed by atoms with Gasteiger partial charge in [-0.25, -0.2) is 9.97 Å². The average Bonchev–Trinajstić information content (AvgIpc) is 2.62. The summed E-state index contributed by atoms with van der Waals surface area (Å²) in [6.45, 7) is 4.58. The number of hydrogen-bond acceptors (Lipinski definition) is 5. The van der Waals surface area contributed by atoms with Gasteiger partial charge in [-0.3, -0.25) is 14.2 Å². The van der Waals surface area contributed by atoms with Gasteiger partial charge in [0.1, 0.15) is 0 Å². The predicted molar refractivity (Wildman–Crippen MR) is 109 cm³/mol. The topological polar surface area (TPSA) is 76.9 Å². The highest BCUT2D eigenvalue weighted by Crippen LogP contribution is 2.19. The lowest BCUT2D eigenvalue weighted by Crippen LogP contribution is -2.26. The van der Waals surface area contributed by atoms with Crippen LogP contribution >= 0.6 is 23.4 Å². The minimum atomic E-state index is -0.200. The molecule has 0 saturated heterocycles. The molecule has 0 fully saturated rings. The van der Waals surface area contributed by atoms with Crippen LogP contribution in [-0.4, -0.2) is 26.2 Å². The lowest BCUT2D eigenvalue weighted by Gasteiger charge is -2.14. The Morgan fingerprint density at radius 3 is 2.85 bits per heavy atom. The van der Waals surface area contributed by atoms with Gasteiger partial charge in [0.25, 0.3) is 5.56 Å². The summed E-state index contributed by atoms with van der Waals surface area (Å²) >= 11 is 7.15. The van der Waals surface area contributed by atoms with Gasteiger partial charge in [-0.05, 0) is 36.2 Å². The molecule has 0 radical (unpaired) electrons. The molecule has 8 heteroatoms. The number of anilines is 1. The van der Waals surface area contributed by atoms with Gasteiger partial charge < -0.3 is 5.32 Å². The van der Waals surface area contributed by atoms with Gasteiger partial charge in [-0.2, -0.15) is 0 Å². The second kappa shape index (κ2) is 8.54. The molecule has 0 spiro atoms. The Morgan fingerprint density at radius 1 is 1.30 bits per heavy atom. The number of amides is 1. The zero-order valence-electron chi connectivity index (χ0n) is 15.0. The molecule has 0 aliphatic heterocycles. The van der Waals surface area contributed by atoms with Crippen LogP contribution in [-0.2, 0) is 11.3 Å². The number of pyridine rings is 1. The number of carbonyl (C=O) groups is 1. The molecule has 140 valence electrons. The first-order valence-electron chi connectivity index (χ1n) is 8.48. The number of benzene rings is 1. The summed E-state index contributed by atoms with van der Waals surface area (Å²) in [4.78, 5) is 33.8. The van der Waals surface area contributed by atoms with Gasteiger partial charge in [-0.1, -0.05) is 43.3 Å². The molecule has 3 rings (SSSR count). The summed E-state index contributed by atoms with van der Waals surface area (Å²) in [6, 6.07) is 10.4. The summed E-state index contributed by atoms with van der Waals surface area (Å²) in [7, 11) is 0. The summed E-state index contributed by atoms with van der Waals surface area (Å²) < 4.78 is 1.62. The molecule has 0 atom stereocenters. The number of nitrogens with zero attached hydrogens (tertiary/aromatic N) is 3. The van der Waals surface area contributed by atoms with Crippen molar-refractivity contribution in [3.05, 3.63) is 58.0 Å². The molecule has 2 aromatic heterocycles. The number of halogens is 1. The van der Waals surface area contributed by atoms with Crippen LogP contribution in [0.4, 0.5) is 5.69 Å². The minimum absolute atomic E-state index is 0.120. The lowest BCUT2D eigenvalue weighted by atomic mass is 10.2. The number of carbonyl (C=O) groups excluding carboxylic acids is 1. The van der Waals surface area contributed by atoms with Crippen molar-refractivity contribution in [2.75, 3.05) is 11.1 Å². The first-order chi connectivity index (χ1) is 12.9. The molecule has 27 heavy (non-hydrogen) atoms. The van der Waals surface area contributed by atoms with E-state index in [9.17, 15) is 9.59 Å². The van der Waals surface area contributed by atoms with E-state index in [0.29, 0.717) is 33.4 Å². The summed E-state index contributed by atoms with van der Waals surface area (Å²) in [5.74, 6) is 0.182. The Kier molecular flexibility index (Phi) is 6.13. The van der Waals surface area contributed by atoms with E-state index < -0.39 is 0 Å². The van der Waals surface area contributed by atoms with Gasteiger partial charge in [-0.15, -0.1) is 0 Å². The van der Waals surface area contributed by atoms with Crippen molar-refractivity contribution in [3.8, 4) is 0 Å². The standard InChI is InChI=1S/C19H19ClN4O2S/c1-12(2)10-24-18(26)15-7-4-8-21-17(15)23-19(24)27-11-16(25)22-14-6-3-5-13(20)9-14/h3-9,12H,10-11H2,1-2H3,(H,22,25). The Labute approximate surface area is 166 Å². The van der Waals surface area contributed by atoms with Crippen molar-refractivity contribution in [1.82, 2.24) is 14.5 Å². The van der Waals surface area contributed by atoms with E-state index in [1.54, 1.807) is 47.2 Å². The quantitative estimate of drug-likeness (QED) is 0.500. The first kappa shape index (κ1) is 19.4. The van der Waals surface area contributed by atoms with Crippen LogP contribution in [0.5, 0.6) is 0 Å². The molecule has 0 aliphatic carbocycles. The monoisotopic (exact) mass is 402 g/mol. The van der Waals surface area contributed by atoms with Crippen molar-refractivity contribution >= 4 is 46.0 Å². The maximum Gasteiger partial charge on any atom is 0.263 e. The van der Waals surface area contributed by atoms with Gasteiger partial charge in [0.05, 0.1) is 11.1 Å². The van der Waals surface area contributed by atoms with Crippen molar-refractivity contribution in [2.24, 2.45) is 5.92 Å². The van der Waals surface area contributed by atoms with E-state index in [0.717, 1.165) is 0 Å². The molecule has 0 saturated carbocycles. The first-order valence-corrected chi connectivity index (χ1v) is 9.84. The highest BCUT2D eigenvalue weighted by molar-refractivity contribution is 7.99. The second-order valence-corrected chi connectivity index (χ2v) is 7.80. The van der Waals surface area contributed by atoms with Crippen LogP contribution < -0.4 is 10.9 Å². The molecule has 0 bridgehead atoms. The van der Waals surface area contributed by atoms with E-state index in [4.69, 9.17) is 11.6 Å². The van der Waals surface area contributed by atoms with Crippen molar-refractivity contribution in [2.45, 2.75) is 25.5 Å². The third kappa shape index (κ3) is 4.87. The molecule has 1 amide bonds. The van der Waals surface area contributed by atoms with Gasteiger partial charge in [0.15, 0.2) is 10.8 Å². The lowest BCUT2D eigenvalue weighted by molar-refractivity contribution is -0.113. The number of aromatic nitrogens is 3. The van der Waals surface area contributed by atoms with Gasteiger partial charge in [0.2, 0.25) is 5.91 Å². The van der Waals surface area contributed by atoms with E-state index in [1.165, 1.54) is 11.8 Å². The third-order valence-electron chi connectivity index (χ3n) is 3.68. The molecule has 3 aromatic rings. The van der Waals surface area contributed by atoms with E-state index in [2.05, 4.69) is 15.3 Å². The number of nitrogens with one attached hydrogen (secondary N) is 1. The van der Waals surface area contributed by atoms with Gasteiger partial charge in [0, 0.05) is 23.5 Å². The van der Waals surface area contributed by atoms with Crippen LogP contribution in [0.15, 0.2) is 52.5 Å². The zero-order chi connectivity index (χ0) is 19.4. The minimum Gasteiger partial charge on any atom is -0.325 e. The third-order valence-corrected chi connectivity index (χ3v) is 4.89. The number of hydrogen-bond donors (Lipinski definition) is 1. The SMILES string of the molecule is CC(C)Cn1c(SCC(=O)Nc2cccc(Cl)c2)nc2ncccc2c1=O. The van der Waals surface area contributed by atoms with E-state index in [-0.39, 0.29) is 23.1 Å². The highest BCUT2D eigenvalue weighted by Gasteiger charge is 2.15. The Hall–Kier alpha value is -2.38. The smallest absolute Gasteiger partial charge is 0.263 e. The summed E-state index contributed by atoms with van der Waals surface area (Å²) in [5, 5.41) is 4.30. The Morgan fingerprint density at radius 2 is 2.11 bits per heavy atom. The molecule has 1 aromatic carbocycles. The second-order valence-electron chi connectivity index (χ2n) is 6.43. The van der Waals surface area contributed by atoms with Crippen molar-refractivity contribution < 1.29 is 4.79 Å². The number of rotatable bonds is 6. The molecule has 6 nitrogen and oxygen atoms in total.